The van der Waals surface area contributed by atoms with Gasteiger partial charge in [-0.05, 0) is 37.7 Å². The van der Waals surface area contributed by atoms with Gasteiger partial charge < -0.3 is 10.1 Å². The molecule has 0 unspecified atom stereocenters. The minimum atomic E-state index is -0.326. The van der Waals surface area contributed by atoms with E-state index in [2.05, 4.69) is 12.2 Å². The summed E-state index contributed by atoms with van der Waals surface area (Å²) in [6, 6.07) is 0. The highest BCUT2D eigenvalue weighted by atomic mass is 32.1. The Labute approximate surface area is 168 Å². The number of carbonyl (C=O) groups excluding carboxylic acids is 2. The number of fused-ring (bicyclic) bond motifs is 1. The minimum Gasteiger partial charge on any atom is -0.465 e. The van der Waals surface area contributed by atoms with Crippen LogP contribution >= 0.6 is 11.3 Å². The number of carbonyl (C=O) groups is 2. The van der Waals surface area contributed by atoms with Gasteiger partial charge in [-0.25, -0.2) is 4.79 Å². The molecule has 0 saturated heterocycles. The lowest BCUT2D eigenvalue weighted by atomic mass is 9.95. The molecule has 5 heteroatoms. The van der Waals surface area contributed by atoms with E-state index in [9.17, 15) is 9.59 Å². The first-order valence-corrected chi connectivity index (χ1v) is 11.5. The Morgan fingerprint density at radius 2 is 1.59 bits per heavy atom. The minimum absolute atomic E-state index is 0.0155. The van der Waals surface area contributed by atoms with Crippen molar-refractivity contribution in [3.05, 3.63) is 16.0 Å². The predicted molar refractivity (Wildman–Crippen MR) is 113 cm³/mol. The van der Waals surface area contributed by atoms with Gasteiger partial charge in [0.2, 0.25) is 5.91 Å². The fourth-order valence-corrected chi connectivity index (χ4v) is 5.05. The second kappa shape index (κ2) is 12.2. The second-order valence-electron chi connectivity index (χ2n) is 7.53. The molecule has 27 heavy (non-hydrogen) atoms. The first-order chi connectivity index (χ1) is 13.2. The SMILES string of the molecule is CCCCCCCCCCCC(=O)Nc1sc2c(c1C(=O)OC)CCCC2. The van der Waals surface area contributed by atoms with Crippen molar-refractivity contribution in [1.82, 2.24) is 0 Å². The molecule has 0 bridgehead atoms. The molecule has 0 aromatic carbocycles. The summed E-state index contributed by atoms with van der Waals surface area (Å²) in [6.07, 6.45) is 15.8. The van der Waals surface area contributed by atoms with Crippen molar-refractivity contribution in [1.29, 1.82) is 0 Å². The fraction of sp³-hybridized carbons (Fsp3) is 0.727. The lowest BCUT2D eigenvalue weighted by Gasteiger charge is -2.11. The molecule has 2 rings (SSSR count). The van der Waals surface area contributed by atoms with Crippen LogP contribution in [0.1, 0.15) is 105 Å². The van der Waals surface area contributed by atoms with E-state index < -0.39 is 0 Å². The number of ether oxygens (including phenoxy) is 1. The zero-order chi connectivity index (χ0) is 19.5. The van der Waals surface area contributed by atoms with Gasteiger partial charge in [0.25, 0.3) is 0 Å². The number of hydrogen-bond donors (Lipinski definition) is 1. The van der Waals surface area contributed by atoms with Crippen LogP contribution in [0.25, 0.3) is 0 Å². The maximum Gasteiger partial charge on any atom is 0.341 e. The smallest absolute Gasteiger partial charge is 0.341 e. The average Bonchev–Trinajstić information content (AvgIpc) is 3.03. The van der Waals surface area contributed by atoms with E-state index in [4.69, 9.17) is 4.74 Å². The molecule has 1 aromatic rings. The van der Waals surface area contributed by atoms with Crippen LogP contribution in [-0.4, -0.2) is 19.0 Å². The molecule has 0 aliphatic heterocycles. The number of anilines is 1. The van der Waals surface area contributed by atoms with Gasteiger partial charge in [-0.15, -0.1) is 11.3 Å². The van der Waals surface area contributed by atoms with Crippen molar-refractivity contribution < 1.29 is 14.3 Å². The number of thiophene rings is 1. The lowest BCUT2D eigenvalue weighted by molar-refractivity contribution is -0.116. The third kappa shape index (κ3) is 6.95. The normalized spacial score (nSPS) is 13.3. The Hall–Kier alpha value is -1.36. The summed E-state index contributed by atoms with van der Waals surface area (Å²) in [5, 5.41) is 3.68. The van der Waals surface area contributed by atoms with Gasteiger partial charge in [-0.1, -0.05) is 58.3 Å². The molecule has 152 valence electrons. The molecule has 1 aliphatic carbocycles. The van der Waals surface area contributed by atoms with Crippen LogP contribution in [0.5, 0.6) is 0 Å². The van der Waals surface area contributed by atoms with Crippen LogP contribution in [0.15, 0.2) is 0 Å². The summed E-state index contributed by atoms with van der Waals surface area (Å²) in [5.74, 6) is -0.311. The molecular weight excluding hydrogens is 358 g/mol. The Bertz CT molecular complexity index is 609. The van der Waals surface area contributed by atoms with Crippen molar-refractivity contribution in [2.75, 3.05) is 12.4 Å². The number of rotatable bonds is 12. The van der Waals surface area contributed by atoms with Crippen molar-refractivity contribution in [3.63, 3.8) is 0 Å². The number of nitrogens with one attached hydrogen (secondary N) is 1. The monoisotopic (exact) mass is 393 g/mol. The molecule has 0 atom stereocenters. The Kier molecular flexibility index (Phi) is 9.89. The largest absolute Gasteiger partial charge is 0.465 e. The number of hydrogen-bond acceptors (Lipinski definition) is 4. The summed E-state index contributed by atoms with van der Waals surface area (Å²) in [5.41, 5.74) is 1.69. The number of esters is 1. The Morgan fingerprint density at radius 3 is 2.26 bits per heavy atom. The van der Waals surface area contributed by atoms with Gasteiger partial charge in [0.05, 0.1) is 12.7 Å². The van der Waals surface area contributed by atoms with Gasteiger partial charge >= 0.3 is 5.97 Å². The van der Waals surface area contributed by atoms with Gasteiger partial charge in [-0.3, -0.25) is 4.79 Å². The van der Waals surface area contributed by atoms with Crippen LogP contribution in [0.4, 0.5) is 5.00 Å². The molecule has 0 spiro atoms. The average molecular weight is 394 g/mol. The third-order valence-electron chi connectivity index (χ3n) is 5.32. The zero-order valence-electron chi connectivity index (χ0n) is 17.0. The number of unbranched alkanes of at least 4 members (excludes halogenated alkanes) is 8. The highest BCUT2D eigenvalue weighted by Crippen LogP contribution is 2.38. The first-order valence-electron chi connectivity index (χ1n) is 10.7. The maximum atomic E-state index is 12.3. The summed E-state index contributed by atoms with van der Waals surface area (Å²) in [6.45, 7) is 2.24. The van der Waals surface area contributed by atoms with E-state index in [1.54, 1.807) is 11.3 Å². The predicted octanol–water partition coefficient (Wildman–Crippen LogP) is 6.27. The summed E-state index contributed by atoms with van der Waals surface area (Å²) >= 11 is 1.56. The summed E-state index contributed by atoms with van der Waals surface area (Å²) in [7, 11) is 1.41. The van der Waals surface area contributed by atoms with Gasteiger partial charge in [0.15, 0.2) is 0 Å². The van der Waals surface area contributed by atoms with Crippen LogP contribution < -0.4 is 5.32 Å². The van der Waals surface area contributed by atoms with E-state index in [1.807, 2.05) is 0 Å². The molecule has 1 N–H and O–H groups in total. The van der Waals surface area contributed by atoms with E-state index in [0.717, 1.165) is 44.1 Å². The lowest BCUT2D eigenvalue weighted by Crippen LogP contribution is -2.14. The van der Waals surface area contributed by atoms with Crippen LogP contribution in [0.3, 0.4) is 0 Å². The molecular formula is C22H35NO3S. The summed E-state index contributed by atoms with van der Waals surface area (Å²) < 4.78 is 4.96. The molecule has 0 fully saturated rings. The molecule has 1 aliphatic rings. The third-order valence-corrected chi connectivity index (χ3v) is 6.53. The molecule has 4 nitrogen and oxygen atoms in total. The fourth-order valence-electron chi connectivity index (χ4n) is 3.76. The van der Waals surface area contributed by atoms with Gasteiger partial charge in [-0.2, -0.15) is 0 Å². The van der Waals surface area contributed by atoms with Crippen molar-refractivity contribution in [2.45, 2.75) is 96.8 Å². The van der Waals surface area contributed by atoms with Crippen LogP contribution in [0, 0.1) is 0 Å². The standard InChI is InChI=1S/C22H35NO3S/c1-3-4-5-6-7-8-9-10-11-16-19(24)23-21-20(22(25)26-2)17-14-12-13-15-18(17)27-21/h3-16H2,1-2H3,(H,23,24). The molecule has 1 amide bonds. The number of methoxy groups -OCH3 is 1. The second-order valence-corrected chi connectivity index (χ2v) is 8.64. The van der Waals surface area contributed by atoms with E-state index in [1.165, 1.54) is 56.9 Å². The number of aryl methyl sites for hydroxylation is 1. The molecule has 1 heterocycles. The Balaban J connectivity index is 1.74. The topological polar surface area (TPSA) is 55.4 Å². The van der Waals surface area contributed by atoms with Gasteiger partial charge in [0.1, 0.15) is 5.00 Å². The zero-order valence-corrected chi connectivity index (χ0v) is 17.8. The van der Waals surface area contributed by atoms with Crippen molar-refractivity contribution in [2.24, 2.45) is 0 Å². The van der Waals surface area contributed by atoms with E-state index in [-0.39, 0.29) is 11.9 Å². The first kappa shape index (κ1) is 21.9. The highest BCUT2D eigenvalue weighted by Gasteiger charge is 2.26. The van der Waals surface area contributed by atoms with Gasteiger partial charge in [0, 0.05) is 11.3 Å². The van der Waals surface area contributed by atoms with Crippen LogP contribution in [0.2, 0.25) is 0 Å². The molecule has 0 saturated carbocycles. The summed E-state index contributed by atoms with van der Waals surface area (Å²) in [4.78, 5) is 25.8. The van der Waals surface area contributed by atoms with Crippen molar-refractivity contribution >= 4 is 28.2 Å². The maximum absolute atomic E-state index is 12.3. The highest BCUT2D eigenvalue weighted by molar-refractivity contribution is 7.17. The van der Waals surface area contributed by atoms with E-state index in [0.29, 0.717) is 17.0 Å². The van der Waals surface area contributed by atoms with E-state index >= 15 is 0 Å². The molecule has 0 radical (unpaired) electrons. The Morgan fingerprint density at radius 1 is 0.963 bits per heavy atom. The number of amides is 1. The van der Waals surface area contributed by atoms with Crippen LogP contribution in [-0.2, 0) is 22.4 Å². The quantitative estimate of drug-likeness (QED) is 0.336. The van der Waals surface area contributed by atoms with Crippen molar-refractivity contribution in [3.8, 4) is 0 Å². The molecule has 1 aromatic heterocycles.